The lowest BCUT2D eigenvalue weighted by molar-refractivity contribution is 0.0454. The van der Waals surface area contributed by atoms with E-state index in [4.69, 9.17) is 10.5 Å². The molecule has 35 heavy (non-hydrogen) atoms. The Bertz CT molecular complexity index is 1410. The number of aromatic nitrogens is 5. The van der Waals surface area contributed by atoms with E-state index in [0.717, 1.165) is 19.3 Å². The number of anilines is 3. The highest BCUT2D eigenvalue weighted by Gasteiger charge is 2.19. The zero-order valence-corrected chi connectivity index (χ0v) is 19.1. The SMILES string of the molecule is CCCCCn1nc(C(=O)OCc2nc(N)nc(Nc3ccc(F)cc3)n2)c2ccccc2c1=O. The molecule has 0 aliphatic rings. The number of nitrogens with zero attached hydrogens (tertiary/aromatic N) is 5. The fraction of sp³-hybridized carbons (Fsp3) is 0.250. The quantitative estimate of drug-likeness (QED) is 0.273. The van der Waals surface area contributed by atoms with E-state index in [0.29, 0.717) is 23.0 Å². The average molecular weight is 478 g/mol. The van der Waals surface area contributed by atoms with Crippen LogP contribution in [0.15, 0.2) is 53.3 Å². The Balaban J connectivity index is 1.54. The Morgan fingerprint density at radius 2 is 1.80 bits per heavy atom. The summed E-state index contributed by atoms with van der Waals surface area (Å²) in [4.78, 5) is 38.0. The zero-order valence-electron chi connectivity index (χ0n) is 19.1. The number of rotatable bonds is 9. The summed E-state index contributed by atoms with van der Waals surface area (Å²) in [5.41, 5.74) is 6.09. The highest BCUT2D eigenvalue weighted by atomic mass is 19.1. The minimum Gasteiger partial charge on any atom is -0.453 e. The van der Waals surface area contributed by atoms with Crippen molar-refractivity contribution < 1.29 is 13.9 Å². The van der Waals surface area contributed by atoms with E-state index < -0.39 is 5.97 Å². The van der Waals surface area contributed by atoms with Crippen molar-refractivity contribution in [1.82, 2.24) is 24.7 Å². The molecule has 2 heterocycles. The molecule has 11 heteroatoms. The number of hydrogen-bond donors (Lipinski definition) is 2. The van der Waals surface area contributed by atoms with Gasteiger partial charge in [0.2, 0.25) is 11.9 Å². The van der Waals surface area contributed by atoms with E-state index >= 15 is 0 Å². The Morgan fingerprint density at radius 1 is 1.06 bits per heavy atom. The van der Waals surface area contributed by atoms with Gasteiger partial charge in [-0.1, -0.05) is 38.0 Å². The van der Waals surface area contributed by atoms with Crippen LogP contribution in [0.25, 0.3) is 10.8 Å². The van der Waals surface area contributed by atoms with Gasteiger partial charge in [0.1, 0.15) is 5.82 Å². The Hall–Kier alpha value is -4.41. The molecule has 10 nitrogen and oxygen atoms in total. The molecule has 0 saturated heterocycles. The van der Waals surface area contributed by atoms with E-state index in [2.05, 4.69) is 32.3 Å². The first-order chi connectivity index (χ1) is 16.9. The summed E-state index contributed by atoms with van der Waals surface area (Å²) in [6.07, 6.45) is 2.70. The number of ether oxygens (including phenoxy) is 1. The van der Waals surface area contributed by atoms with Crippen LogP contribution >= 0.6 is 0 Å². The largest absolute Gasteiger partial charge is 0.453 e. The number of aryl methyl sites for hydroxylation is 1. The van der Waals surface area contributed by atoms with Gasteiger partial charge < -0.3 is 15.8 Å². The first-order valence-electron chi connectivity index (χ1n) is 11.1. The predicted molar refractivity (Wildman–Crippen MR) is 129 cm³/mol. The number of nitrogen functional groups attached to an aromatic ring is 1. The highest BCUT2D eigenvalue weighted by molar-refractivity contribution is 6.02. The fourth-order valence-electron chi connectivity index (χ4n) is 3.47. The number of esters is 1. The summed E-state index contributed by atoms with van der Waals surface area (Å²) in [5, 5.41) is 7.98. The maximum absolute atomic E-state index is 13.1. The molecule has 0 amide bonds. The Morgan fingerprint density at radius 3 is 2.54 bits per heavy atom. The molecule has 0 bridgehead atoms. The van der Waals surface area contributed by atoms with Gasteiger partial charge in [-0.25, -0.2) is 13.9 Å². The number of carbonyl (C=O) groups excluding carboxylic acids is 1. The standard InChI is InChI=1S/C24H24FN7O3/c1-2-3-6-13-32-21(33)18-8-5-4-7-17(18)20(31-32)22(34)35-14-19-28-23(26)30-24(29-19)27-16-11-9-15(25)10-12-16/h4-5,7-12H,2-3,6,13-14H2,1H3,(H3,26,27,28,29,30). The smallest absolute Gasteiger partial charge is 0.359 e. The lowest BCUT2D eigenvalue weighted by Crippen LogP contribution is -2.26. The van der Waals surface area contributed by atoms with Crippen molar-refractivity contribution >= 4 is 34.3 Å². The normalized spacial score (nSPS) is 10.9. The van der Waals surface area contributed by atoms with Crippen LogP contribution in [0.2, 0.25) is 0 Å². The first kappa shape index (κ1) is 23.7. The number of unbranched alkanes of at least 4 members (excludes halogenated alkanes) is 2. The number of nitrogens with two attached hydrogens (primary N) is 1. The molecule has 0 radical (unpaired) electrons. The van der Waals surface area contributed by atoms with Gasteiger partial charge in [-0.15, -0.1) is 0 Å². The van der Waals surface area contributed by atoms with Crippen molar-refractivity contribution in [3.63, 3.8) is 0 Å². The monoisotopic (exact) mass is 477 g/mol. The van der Waals surface area contributed by atoms with Gasteiger partial charge in [-0.05, 0) is 36.8 Å². The van der Waals surface area contributed by atoms with Gasteiger partial charge in [-0.3, -0.25) is 4.79 Å². The highest BCUT2D eigenvalue weighted by Crippen LogP contribution is 2.17. The van der Waals surface area contributed by atoms with Crippen molar-refractivity contribution in [3.05, 3.63) is 76.2 Å². The van der Waals surface area contributed by atoms with Gasteiger partial charge in [0.15, 0.2) is 18.1 Å². The number of halogens is 1. The number of hydrogen-bond acceptors (Lipinski definition) is 9. The zero-order chi connectivity index (χ0) is 24.8. The summed E-state index contributed by atoms with van der Waals surface area (Å²) in [5.74, 6) is -0.962. The van der Waals surface area contributed by atoms with E-state index in [1.165, 1.54) is 28.9 Å². The van der Waals surface area contributed by atoms with Gasteiger partial charge in [-0.2, -0.15) is 20.1 Å². The van der Waals surface area contributed by atoms with Gasteiger partial charge in [0.25, 0.3) is 5.56 Å². The van der Waals surface area contributed by atoms with E-state index in [1.54, 1.807) is 24.3 Å². The molecule has 0 unspecified atom stereocenters. The van der Waals surface area contributed by atoms with Crippen LogP contribution < -0.4 is 16.6 Å². The second-order valence-electron chi connectivity index (χ2n) is 7.77. The van der Waals surface area contributed by atoms with Crippen LogP contribution in [0, 0.1) is 5.82 Å². The molecular weight excluding hydrogens is 453 g/mol. The number of carbonyl (C=O) groups is 1. The van der Waals surface area contributed by atoms with Crippen LogP contribution in [0.5, 0.6) is 0 Å². The molecule has 0 aliphatic heterocycles. The maximum Gasteiger partial charge on any atom is 0.359 e. The average Bonchev–Trinajstić information content (AvgIpc) is 2.85. The van der Waals surface area contributed by atoms with Crippen LogP contribution in [-0.2, 0) is 17.9 Å². The molecule has 2 aromatic heterocycles. The second kappa shape index (κ2) is 10.7. The Kier molecular flexibility index (Phi) is 7.24. The van der Waals surface area contributed by atoms with E-state index in [1.807, 2.05) is 0 Å². The Labute approximate surface area is 200 Å². The van der Waals surface area contributed by atoms with Crippen LogP contribution in [-0.4, -0.2) is 30.7 Å². The lowest BCUT2D eigenvalue weighted by Gasteiger charge is -2.11. The van der Waals surface area contributed by atoms with Crippen molar-refractivity contribution in [3.8, 4) is 0 Å². The maximum atomic E-state index is 13.1. The molecule has 180 valence electrons. The summed E-state index contributed by atoms with van der Waals surface area (Å²) < 4.78 is 19.9. The minimum absolute atomic E-state index is 0.0309. The van der Waals surface area contributed by atoms with Crippen LogP contribution in [0.4, 0.5) is 22.0 Å². The molecule has 3 N–H and O–H groups in total. The summed E-state index contributed by atoms with van der Waals surface area (Å²) in [6.45, 7) is 2.17. The molecular formula is C24H24FN7O3. The predicted octanol–water partition coefficient (Wildman–Crippen LogP) is 3.59. The third-order valence-corrected chi connectivity index (χ3v) is 5.17. The van der Waals surface area contributed by atoms with Crippen LogP contribution in [0.3, 0.4) is 0 Å². The van der Waals surface area contributed by atoms with Crippen molar-refractivity contribution in [2.75, 3.05) is 11.1 Å². The van der Waals surface area contributed by atoms with E-state index in [9.17, 15) is 14.0 Å². The fourth-order valence-corrected chi connectivity index (χ4v) is 3.47. The molecule has 0 aliphatic carbocycles. The van der Waals surface area contributed by atoms with Crippen LogP contribution in [0.1, 0.15) is 42.5 Å². The van der Waals surface area contributed by atoms with Crippen molar-refractivity contribution in [2.45, 2.75) is 39.3 Å². The third-order valence-electron chi connectivity index (χ3n) is 5.17. The third kappa shape index (κ3) is 5.75. The van der Waals surface area contributed by atoms with Crippen molar-refractivity contribution in [1.29, 1.82) is 0 Å². The molecule has 0 spiro atoms. The number of nitrogens with one attached hydrogen (secondary N) is 1. The van der Waals surface area contributed by atoms with Gasteiger partial charge in [0, 0.05) is 17.6 Å². The summed E-state index contributed by atoms with van der Waals surface area (Å²) in [6, 6.07) is 12.4. The topological polar surface area (TPSA) is 138 Å². The van der Waals surface area contributed by atoms with Gasteiger partial charge >= 0.3 is 5.97 Å². The summed E-state index contributed by atoms with van der Waals surface area (Å²) in [7, 11) is 0. The first-order valence-corrected chi connectivity index (χ1v) is 11.1. The molecule has 4 aromatic rings. The number of benzene rings is 2. The summed E-state index contributed by atoms with van der Waals surface area (Å²) >= 11 is 0. The second-order valence-corrected chi connectivity index (χ2v) is 7.77. The molecule has 0 saturated carbocycles. The molecule has 4 rings (SSSR count). The lowest BCUT2D eigenvalue weighted by atomic mass is 10.1. The molecule has 0 fully saturated rings. The number of fused-ring (bicyclic) bond motifs is 1. The minimum atomic E-state index is -0.725. The molecule has 0 atom stereocenters. The van der Waals surface area contributed by atoms with E-state index in [-0.39, 0.29) is 41.4 Å². The van der Waals surface area contributed by atoms with Crippen molar-refractivity contribution in [2.24, 2.45) is 0 Å². The molecule has 2 aromatic carbocycles. The van der Waals surface area contributed by atoms with Gasteiger partial charge in [0.05, 0.1) is 5.39 Å².